The van der Waals surface area contributed by atoms with E-state index in [1.807, 2.05) is 13.8 Å². The van der Waals surface area contributed by atoms with Gasteiger partial charge in [0.1, 0.15) is 12.2 Å². The van der Waals surface area contributed by atoms with E-state index < -0.39 is 17.3 Å². The Morgan fingerprint density at radius 2 is 1.39 bits per heavy atom. The summed E-state index contributed by atoms with van der Waals surface area (Å²) in [6.45, 7) is 14.4. The standard InChI is InChI=1S/C37H69N3O6/c1-8-9-10-11-12-13-14-15-16-17-18-19-22-26-36(4,5)40-34(43)39-29-23-20-21-24-30(29)45-31(41)25-27-38-33(42)32-35(2,3)28-44-37(6,7)46-32/h29-30,32H,8-28H2,1-7H3,(H,38,42)(H2,39,40,43). The number of urea groups is 1. The Morgan fingerprint density at radius 3 is 2.00 bits per heavy atom. The van der Waals surface area contributed by atoms with Gasteiger partial charge in [0.15, 0.2) is 5.79 Å². The van der Waals surface area contributed by atoms with E-state index in [1.54, 1.807) is 13.8 Å². The van der Waals surface area contributed by atoms with E-state index in [4.69, 9.17) is 14.2 Å². The Balaban J connectivity index is 1.62. The van der Waals surface area contributed by atoms with E-state index in [-0.39, 0.29) is 48.6 Å². The topological polar surface area (TPSA) is 115 Å². The van der Waals surface area contributed by atoms with E-state index >= 15 is 0 Å². The molecule has 2 fully saturated rings. The monoisotopic (exact) mass is 652 g/mol. The van der Waals surface area contributed by atoms with Gasteiger partial charge in [-0.15, -0.1) is 0 Å². The zero-order chi connectivity index (χ0) is 34.1. The van der Waals surface area contributed by atoms with Crippen molar-refractivity contribution in [2.24, 2.45) is 5.41 Å². The first-order chi connectivity index (χ1) is 21.7. The SMILES string of the molecule is CCCCCCCCCCCCCCCC(C)(C)NC(=O)NC1CCCCC1OC(=O)CCNC(=O)C1OC(C)(C)OCC1(C)C. The molecule has 0 aromatic rings. The third-order valence-corrected chi connectivity index (χ3v) is 9.43. The summed E-state index contributed by atoms with van der Waals surface area (Å²) >= 11 is 0. The molecule has 0 aromatic carbocycles. The van der Waals surface area contributed by atoms with Crippen LogP contribution < -0.4 is 16.0 Å². The van der Waals surface area contributed by atoms with Gasteiger partial charge in [-0.05, 0) is 53.4 Å². The van der Waals surface area contributed by atoms with Crippen LogP contribution in [0.4, 0.5) is 4.79 Å². The fourth-order valence-corrected chi connectivity index (χ4v) is 6.49. The van der Waals surface area contributed by atoms with E-state index in [0.29, 0.717) is 13.0 Å². The molecule has 9 heteroatoms. The van der Waals surface area contributed by atoms with Gasteiger partial charge in [0.2, 0.25) is 5.91 Å². The van der Waals surface area contributed by atoms with Gasteiger partial charge in [-0.3, -0.25) is 9.59 Å². The number of amides is 3. The maximum Gasteiger partial charge on any atom is 0.315 e. The molecule has 1 saturated heterocycles. The lowest BCUT2D eigenvalue weighted by atomic mass is 9.85. The van der Waals surface area contributed by atoms with Gasteiger partial charge in [0, 0.05) is 17.5 Å². The summed E-state index contributed by atoms with van der Waals surface area (Å²) in [5, 5.41) is 9.07. The van der Waals surface area contributed by atoms with Crippen LogP contribution in [0.3, 0.4) is 0 Å². The van der Waals surface area contributed by atoms with Gasteiger partial charge in [-0.2, -0.15) is 0 Å². The summed E-state index contributed by atoms with van der Waals surface area (Å²) in [4.78, 5) is 38.5. The number of ether oxygens (including phenoxy) is 3. The Morgan fingerprint density at radius 1 is 0.826 bits per heavy atom. The van der Waals surface area contributed by atoms with Crippen LogP contribution in [0, 0.1) is 5.41 Å². The maximum atomic E-state index is 13.0. The highest BCUT2D eigenvalue weighted by atomic mass is 16.7. The first-order valence-electron chi connectivity index (χ1n) is 18.6. The van der Waals surface area contributed by atoms with Crippen LogP contribution in [0.5, 0.6) is 0 Å². The van der Waals surface area contributed by atoms with E-state index in [9.17, 15) is 14.4 Å². The predicted octanol–water partition coefficient (Wildman–Crippen LogP) is 8.08. The minimum absolute atomic E-state index is 0.0559. The van der Waals surface area contributed by atoms with Gasteiger partial charge in [-0.25, -0.2) is 4.79 Å². The quantitative estimate of drug-likeness (QED) is 0.0854. The summed E-state index contributed by atoms with van der Waals surface area (Å²) in [5.74, 6) is -1.48. The van der Waals surface area contributed by atoms with Gasteiger partial charge in [-0.1, -0.05) is 111 Å². The number of esters is 1. The van der Waals surface area contributed by atoms with Gasteiger partial charge in [0.05, 0.1) is 19.1 Å². The molecule has 3 N–H and O–H groups in total. The van der Waals surface area contributed by atoms with Crippen molar-refractivity contribution in [1.82, 2.24) is 16.0 Å². The molecule has 1 heterocycles. The number of carbonyl (C=O) groups excluding carboxylic acids is 3. The van der Waals surface area contributed by atoms with Crippen molar-refractivity contribution in [3.63, 3.8) is 0 Å². The third kappa shape index (κ3) is 16.3. The molecule has 1 aliphatic heterocycles. The summed E-state index contributed by atoms with van der Waals surface area (Å²) in [6, 6.07) is -0.431. The van der Waals surface area contributed by atoms with Crippen molar-refractivity contribution in [3.8, 4) is 0 Å². The Labute approximate surface area is 280 Å². The van der Waals surface area contributed by atoms with E-state index in [0.717, 1.165) is 32.1 Å². The first-order valence-corrected chi connectivity index (χ1v) is 18.6. The van der Waals surface area contributed by atoms with Crippen LogP contribution in [0.15, 0.2) is 0 Å². The third-order valence-electron chi connectivity index (χ3n) is 9.43. The number of hydrogen-bond acceptors (Lipinski definition) is 6. The Hall–Kier alpha value is -1.87. The van der Waals surface area contributed by atoms with Crippen LogP contribution in [-0.2, 0) is 23.8 Å². The molecule has 0 aromatic heterocycles. The molecule has 3 amide bonds. The van der Waals surface area contributed by atoms with E-state index in [2.05, 4.69) is 36.7 Å². The molecule has 0 bridgehead atoms. The first kappa shape index (κ1) is 40.3. The molecular weight excluding hydrogens is 582 g/mol. The van der Waals surface area contributed by atoms with Gasteiger partial charge in [0.25, 0.3) is 0 Å². The average molecular weight is 652 g/mol. The number of rotatable bonds is 21. The molecule has 0 spiro atoms. The Kier molecular flexibility index (Phi) is 17.9. The van der Waals surface area contributed by atoms with Crippen molar-refractivity contribution >= 4 is 17.9 Å². The molecular formula is C37H69N3O6. The summed E-state index contributed by atoms with van der Waals surface area (Å²) in [5.41, 5.74) is -0.790. The second kappa shape index (κ2) is 20.5. The summed E-state index contributed by atoms with van der Waals surface area (Å²) in [6.07, 6.45) is 20.6. The van der Waals surface area contributed by atoms with Gasteiger partial charge < -0.3 is 30.2 Å². The van der Waals surface area contributed by atoms with Crippen LogP contribution in [0.1, 0.15) is 170 Å². The number of unbranched alkanes of at least 4 members (excludes halogenated alkanes) is 12. The molecule has 2 rings (SSSR count). The fourth-order valence-electron chi connectivity index (χ4n) is 6.49. The molecule has 9 nitrogen and oxygen atoms in total. The van der Waals surface area contributed by atoms with E-state index in [1.165, 1.54) is 77.0 Å². The van der Waals surface area contributed by atoms with Crippen molar-refractivity contribution in [2.75, 3.05) is 13.2 Å². The van der Waals surface area contributed by atoms with Crippen LogP contribution >= 0.6 is 0 Å². The maximum absolute atomic E-state index is 13.0. The normalized spacial score (nSPS) is 22.5. The molecule has 1 saturated carbocycles. The highest BCUT2D eigenvalue weighted by Crippen LogP contribution is 2.35. The zero-order valence-corrected chi connectivity index (χ0v) is 30.5. The average Bonchev–Trinajstić information content (AvgIpc) is 2.97. The minimum Gasteiger partial charge on any atom is -0.460 e. The highest BCUT2D eigenvalue weighted by Gasteiger charge is 2.45. The lowest BCUT2D eigenvalue weighted by Crippen LogP contribution is -2.56. The summed E-state index contributed by atoms with van der Waals surface area (Å²) in [7, 11) is 0. The van der Waals surface area contributed by atoms with Crippen molar-refractivity contribution in [3.05, 3.63) is 0 Å². The lowest BCUT2D eigenvalue weighted by molar-refractivity contribution is -0.304. The molecule has 1 aliphatic carbocycles. The predicted molar refractivity (Wildman–Crippen MR) is 185 cm³/mol. The second-order valence-electron chi connectivity index (χ2n) is 15.6. The largest absolute Gasteiger partial charge is 0.460 e. The molecule has 0 radical (unpaired) electrons. The molecule has 268 valence electrons. The van der Waals surface area contributed by atoms with Crippen molar-refractivity contribution in [1.29, 1.82) is 0 Å². The molecule has 3 atom stereocenters. The van der Waals surface area contributed by atoms with Crippen molar-refractivity contribution < 1.29 is 28.6 Å². The van der Waals surface area contributed by atoms with Gasteiger partial charge >= 0.3 is 12.0 Å². The number of nitrogens with one attached hydrogen (secondary N) is 3. The smallest absolute Gasteiger partial charge is 0.315 e. The van der Waals surface area contributed by atoms with Crippen LogP contribution in [0.2, 0.25) is 0 Å². The van der Waals surface area contributed by atoms with Crippen LogP contribution in [0.25, 0.3) is 0 Å². The fraction of sp³-hybridized carbons (Fsp3) is 0.919. The highest BCUT2D eigenvalue weighted by molar-refractivity contribution is 5.82. The van der Waals surface area contributed by atoms with Crippen molar-refractivity contribution in [2.45, 2.75) is 200 Å². The zero-order valence-electron chi connectivity index (χ0n) is 30.5. The Bertz CT molecular complexity index is 906. The molecule has 3 unspecified atom stereocenters. The minimum atomic E-state index is -0.840. The second-order valence-corrected chi connectivity index (χ2v) is 15.6. The molecule has 2 aliphatic rings. The molecule has 46 heavy (non-hydrogen) atoms. The number of hydrogen-bond donors (Lipinski definition) is 3. The van der Waals surface area contributed by atoms with Crippen LogP contribution in [-0.4, -0.2) is 60.6 Å². The summed E-state index contributed by atoms with van der Waals surface area (Å²) < 4.78 is 17.4. The lowest BCUT2D eigenvalue weighted by Gasteiger charge is -2.44. The number of carbonyl (C=O) groups is 3.